The fourth-order valence-corrected chi connectivity index (χ4v) is 1.70. The zero-order valence-corrected chi connectivity index (χ0v) is 9.48. The van der Waals surface area contributed by atoms with Gasteiger partial charge in [0.15, 0.2) is 0 Å². The van der Waals surface area contributed by atoms with Crippen molar-refractivity contribution in [3.05, 3.63) is 41.9 Å². The summed E-state index contributed by atoms with van der Waals surface area (Å²) in [5.41, 5.74) is 7.28. The van der Waals surface area contributed by atoms with Gasteiger partial charge >= 0.3 is 0 Å². The summed E-state index contributed by atoms with van der Waals surface area (Å²) in [7, 11) is 0. The second-order valence-corrected chi connectivity index (χ2v) is 3.84. The number of rotatable bonds is 4. The highest BCUT2D eigenvalue weighted by Gasteiger charge is 2.02. The highest BCUT2D eigenvalue weighted by Crippen LogP contribution is 2.27. The number of hydrogen-bond donors (Lipinski definition) is 2. The molecule has 1 aromatic carbocycles. The third-order valence-electron chi connectivity index (χ3n) is 2.28. The van der Waals surface area contributed by atoms with Crippen LogP contribution >= 0.6 is 11.6 Å². The molecule has 0 aliphatic carbocycles. The monoisotopic (exact) mass is 236 g/mol. The molecule has 0 fully saturated rings. The maximum atomic E-state index is 6.03. The average molecular weight is 237 g/mol. The Labute approximate surface area is 99.1 Å². The van der Waals surface area contributed by atoms with Crippen LogP contribution in [0.4, 0.5) is 11.4 Å². The summed E-state index contributed by atoms with van der Waals surface area (Å²) < 4.78 is 1.99. The van der Waals surface area contributed by atoms with E-state index in [0.29, 0.717) is 10.7 Å². The first-order valence-electron chi connectivity index (χ1n) is 5.01. The van der Waals surface area contributed by atoms with E-state index in [9.17, 15) is 0 Å². The van der Waals surface area contributed by atoms with Crippen molar-refractivity contribution in [2.75, 3.05) is 17.6 Å². The molecule has 1 aromatic heterocycles. The van der Waals surface area contributed by atoms with Gasteiger partial charge in [-0.05, 0) is 12.1 Å². The van der Waals surface area contributed by atoms with Crippen LogP contribution in [-0.2, 0) is 6.54 Å². The van der Waals surface area contributed by atoms with Gasteiger partial charge < -0.3 is 15.6 Å². The van der Waals surface area contributed by atoms with E-state index in [1.807, 2.05) is 29.0 Å². The fraction of sp³-hybridized carbons (Fsp3) is 0.182. The van der Waals surface area contributed by atoms with Crippen molar-refractivity contribution in [2.24, 2.45) is 0 Å². The van der Waals surface area contributed by atoms with Crippen molar-refractivity contribution < 1.29 is 0 Å². The Morgan fingerprint density at radius 1 is 1.44 bits per heavy atom. The van der Waals surface area contributed by atoms with Gasteiger partial charge in [0.25, 0.3) is 0 Å². The molecule has 0 saturated carbocycles. The number of para-hydroxylation sites is 1. The molecule has 0 atom stereocenters. The number of imidazole rings is 1. The summed E-state index contributed by atoms with van der Waals surface area (Å²) >= 11 is 6.03. The molecule has 2 rings (SSSR count). The number of anilines is 2. The van der Waals surface area contributed by atoms with Gasteiger partial charge in [-0.1, -0.05) is 17.7 Å². The van der Waals surface area contributed by atoms with Gasteiger partial charge in [0.1, 0.15) is 0 Å². The number of benzene rings is 1. The molecular weight excluding hydrogens is 224 g/mol. The van der Waals surface area contributed by atoms with E-state index in [-0.39, 0.29) is 0 Å². The number of nitrogens with zero attached hydrogens (tertiary/aromatic N) is 2. The highest BCUT2D eigenvalue weighted by atomic mass is 35.5. The summed E-state index contributed by atoms with van der Waals surface area (Å²) in [5.74, 6) is 0. The van der Waals surface area contributed by atoms with Crippen molar-refractivity contribution in [1.29, 1.82) is 0 Å². The molecule has 0 aliphatic heterocycles. The van der Waals surface area contributed by atoms with Gasteiger partial charge in [-0.2, -0.15) is 0 Å². The minimum atomic E-state index is 0.644. The Hall–Kier alpha value is -1.68. The molecule has 0 saturated heterocycles. The van der Waals surface area contributed by atoms with Gasteiger partial charge in [0.2, 0.25) is 0 Å². The van der Waals surface area contributed by atoms with Crippen LogP contribution in [0.1, 0.15) is 0 Å². The van der Waals surface area contributed by atoms with E-state index >= 15 is 0 Å². The summed E-state index contributed by atoms with van der Waals surface area (Å²) in [5, 5.41) is 3.86. The molecular formula is C11H13ClN4. The Kier molecular flexibility index (Phi) is 3.31. The maximum absolute atomic E-state index is 6.03. The first-order valence-corrected chi connectivity index (χ1v) is 5.39. The summed E-state index contributed by atoms with van der Waals surface area (Å²) in [4.78, 5) is 3.97. The van der Waals surface area contributed by atoms with Crippen molar-refractivity contribution >= 4 is 23.0 Å². The van der Waals surface area contributed by atoms with E-state index in [1.54, 1.807) is 12.5 Å². The number of nitrogens with two attached hydrogens (primary N) is 1. The molecule has 16 heavy (non-hydrogen) atoms. The largest absolute Gasteiger partial charge is 0.397 e. The molecule has 0 bridgehead atoms. The van der Waals surface area contributed by atoms with Crippen molar-refractivity contribution in [1.82, 2.24) is 9.55 Å². The Morgan fingerprint density at radius 3 is 3.00 bits per heavy atom. The van der Waals surface area contributed by atoms with E-state index in [2.05, 4.69) is 10.3 Å². The Bertz CT molecular complexity index is 433. The first kappa shape index (κ1) is 10.8. The topological polar surface area (TPSA) is 55.9 Å². The molecule has 0 spiro atoms. The lowest BCUT2D eigenvalue weighted by atomic mass is 10.2. The predicted molar refractivity (Wildman–Crippen MR) is 66.6 cm³/mol. The highest BCUT2D eigenvalue weighted by molar-refractivity contribution is 6.33. The van der Waals surface area contributed by atoms with Gasteiger partial charge in [0.05, 0.1) is 22.7 Å². The summed E-state index contributed by atoms with van der Waals surface area (Å²) in [6.45, 7) is 1.58. The predicted octanol–water partition coefficient (Wildman–Crippen LogP) is 2.23. The van der Waals surface area contributed by atoms with Gasteiger partial charge in [-0.25, -0.2) is 4.98 Å². The van der Waals surface area contributed by atoms with Crippen molar-refractivity contribution in [2.45, 2.75) is 6.54 Å². The normalized spacial score (nSPS) is 10.3. The molecule has 3 N–H and O–H groups in total. The van der Waals surface area contributed by atoms with Crippen LogP contribution in [0.5, 0.6) is 0 Å². The minimum absolute atomic E-state index is 0.644. The van der Waals surface area contributed by atoms with E-state index < -0.39 is 0 Å². The van der Waals surface area contributed by atoms with Crippen LogP contribution in [0.2, 0.25) is 5.02 Å². The lowest BCUT2D eigenvalue weighted by Gasteiger charge is -2.11. The lowest BCUT2D eigenvalue weighted by molar-refractivity contribution is 0.727. The number of nitrogens with one attached hydrogen (secondary N) is 1. The molecule has 0 radical (unpaired) electrons. The second-order valence-electron chi connectivity index (χ2n) is 3.43. The molecule has 0 aliphatic rings. The number of aromatic nitrogens is 2. The van der Waals surface area contributed by atoms with Crippen molar-refractivity contribution in [3.63, 3.8) is 0 Å². The third-order valence-corrected chi connectivity index (χ3v) is 2.59. The maximum Gasteiger partial charge on any atom is 0.0946 e. The zero-order chi connectivity index (χ0) is 11.4. The fourth-order valence-electron chi connectivity index (χ4n) is 1.46. The molecule has 4 nitrogen and oxygen atoms in total. The Morgan fingerprint density at radius 2 is 2.31 bits per heavy atom. The van der Waals surface area contributed by atoms with E-state index in [1.165, 1.54) is 0 Å². The third kappa shape index (κ3) is 2.46. The van der Waals surface area contributed by atoms with E-state index in [4.69, 9.17) is 17.3 Å². The van der Waals surface area contributed by atoms with Gasteiger partial charge in [0, 0.05) is 25.5 Å². The van der Waals surface area contributed by atoms with E-state index in [0.717, 1.165) is 18.8 Å². The average Bonchev–Trinajstić information content (AvgIpc) is 2.75. The minimum Gasteiger partial charge on any atom is -0.397 e. The van der Waals surface area contributed by atoms with Gasteiger partial charge in [-0.15, -0.1) is 0 Å². The smallest absolute Gasteiger partial charge is 0.0946 e. The summed E-state index contributed by atoms with van der Waals surface area (Å²) in [6, 6.07) is 5.47. The second kappa shape index (κ2) is 4.90. The molecule has 0 unspecified atom stereocenters. The first-order chi connectivity index (χ1) is 7.77. The Balaban J connectivity index is 1.95. The zero-order valence-electron chi connectivity index (χ0n) is 8.73. The van der Waals surface area contributed by atoms with Crippen LogP contribution in [0, 0.1) is 0 Å². The van der Waals surface area contributed by atoms with Crippen molar-refractivity contribution in [3.8, 4) is 0 Å². The number of halogens is 1. The van der Waals surface area contributed by atoms with Gasteiger partial charge in [-0.3, -0.25) is 0 Å². The molecule has 0 amide bonds. The lowest BCUT2D eigenvalue weighted by Crippen LogP contribution is -2.10. The number of hydrogen-bond acceptors (Lipinski definition) is 3. The number of nitrogen functional groups attached to an aromatic ring is 1. The molecule has 1 heterocycles. The van der Waals surface area contributed by atoms with Crippen LogP contribution in [-0.4, -0.2) is 16.1 Å². The van der Waals surface area contributed by atoms with Crippen LogP contribution in [0.25, 0.3) is 0 Å². The summed E-state index contributed by atoms with van der Waals surface area (Å²) in [6.07, 6.45) is 5.44. The molecule has 5 heteroatoms. The standard InChI is InChI=1S/C11H13ClN4/c12-9-2-1-3-10(13)11(9)15-5-7-16-6-4-14-8-16/h1-4,6,8,15H,5,7,13H2. The SMILES string of the molecule is Nc1cccc(Cl)c1NCCn1ccnc1. The van der Waals surface area contributed by atoms with Crippen LogP contribution in [0.3, 0.4) is 0 Å². The molecule has 2 aromatic rings. The quantitative estimate of drug-likeness (QED) is 0.801. The van der Waals surface area contributed by atoms with Crippen LogP contribution < -0.4 is 11.1 Å². The van der Waals surface area contributed by atoms with Crippen LogP contribution in [0.15, 0.2) is 36.9 Å². The molecule has 84 valence electrons.